The molecule has 0 unspecified atom stereocenters. The molecule has 0 bridgehead atoms. The number of nitrogens with zero attached hydrogens (tertiary/aromatic N) is 2. The van der Waals surface area contributed by atoms with E-state index in [9.17, 15) is 21.6 Å². The van der Waals surface area contributed by atoms with E-state index in [2.05, 4.69) is 11.9 Å². The summed E-state index contributed by atoms with van der Waals surface area (Å²) in [5, 5.41) is 2.53. The molecule has 0 aliphatic heterocycles. The molecular weight excluding hydrogens is 538 g/mol. The number of benzene rings is 3. The Kier molecular flexibility index (Phi) is 8.64. The van der Waals surface area contributed by atoms with Crippen molar-refractivity contribution in [2.24, 2.45) is 0 Å². The van der Waals surface area contributed by atoms with Gasteiger partial charge in [-0.1, -0.05) is 35.9 Å². The molecule has 0 fully saturated rings. The van der Waals surface area contributed by atoms with Crippen LogP contribution in [0, 0.1) is 0 Å². The van der Waals surface area contributed by atoms with Crippen LogP contribution in [0.4, 0.5) is 11.4 Å². The van der Waals surface area contributed by atoms with Gasteiger partial charge >= 0.3 is 0 Å². The summed E-state index contributed by atoms with van der Waals surface area (Å²) in [5.74, 6) is -0.477. The molecule has 0 atom stereocenters. The van der Waals surface area contributed by atoms with Crippen LogP contribution in [0.25, 0.3) is 0 Å². The number of ether oxygens (including phenoxy) is 1. The van der Waals surface area contributed by atoms with Gasteiger partial charge in [0, 0.05) is 19.7 Å². The summed E-state index contributed by atoms with van der Waals surface area (Å²) in [6.45, 7) is 3.61. The molecule has 3 aromatic carbocycles. The lowest BCUT2D eigenvalue weighted by Gasteiger charge is -2.24. The molecule has 37 heavy (non-hydrogen) atoms. The molecule has 9 nitrogen and oxygen atoms in total. The topological polar surface area (TPSA) is 113 Å². The fraction of sp³-hybridized carbons (Fsp3) is 0.160. The maximum absolute atomic E-state index is 13.6. The van der Waals surface area contributed by atoms with Crippen molar-refractivity contribution in [1.82, 2.24) is 4.31 Å². The maximum Gasteiger partial charge on any atom is 0.266 e. The standard InChI is InChI=1S/C25H26ClN3O6S2/c1-5-15-29(19-9-7-6-8-10-19)37(33,34)24-16-18(11-13-21(24)26)25(30)27-22-17-20(12-14-23(22)35-4)36(31,32)28(2)3/h5-14,16-17H,1,15H2,2-4H3,(H,27,30). The van der Waals surface area contributed by atoms with Crippen LogP contribution in [0.3, 0.4) is 0 Å². The fourth-order valence-electron chi connectivity index (χ4n) is 3.37. The Hall–Kier alpha value is -3.38. The van der Waals surface area contributed by atoms with Crippen LogP contribution in [0.2, 0.25) is 5.02 Å². The molecule has 0 spiro atoms. The van der Waals surface area contributed by atoms with Crippen molar-refractivity contribution < 1.29 is 26.4 Å². The van der Waals surface area contributed by atoms with Crippen LogP contribution in [-0.2, 0) is 20.0 Å². The van der Waals surface area contributed by atoms with Crippen molar-refractivity contribution in [2.45, 2.75) is 9.79 Å². The van der Waals surface area contributed by atoms with Crippen LogP contribution in [0.5, 0.6) is 5.75 Å². The molecule has 3 aromatic rings. The van der Waals surface area contributed by atoms with Gasteiger partial charge in [-0.2, -0.15) is 0 Å². The minimum absolute atomic E-state index is 0.0162. The van der Waals surface area contributed by atoms with E-state index >= 15 is 0 Å². The number of sulfonamides is 2. The van der Waals surface area contributed by atoms with Crippen LogP contribution in [0.1, 0.15) is 10.4 Å². The zero-order valence-electron chi connectivity index (χ0n) is 20.4. The number of carbonyl (C=O) groups excluding carboxylic acids is 1. The number of hydrogen-bond acceptors (Lipinski definition) is 6. The number of para-hydroxylation sites is 1. The molecular formula is C25H26ClN3O6S2. The summed E-state index contributed by atoms with van der Waals surface area (Å²) in [5.41, 5.74) is 0.474. The number of amides is 1. The molecule has 0 saturated carbocycles. The van der Waals surface area contributed by atoms with E-state index < -0.39 is 26.0 Å². The molecule has 0 aliphatic rings. The number of hydrogen-bond donors (Lipinski definition) is 1. The Morgan fingerprint density at radius 1 is 1.00 bits per heavy atom. The lowest BCUT2D eigenvalue weighted by atomic mass is 10.2. The van der Waals surface area contributed by atoms with Crippen molar-refractivity contribution in [3.05, 3.63) is 90.0 Å². The zero-order valence-corrected chi connectivity index (χ0v) is 22.8. The number of halogens is 1. The van der Waals surface area contributed by atoms with Crippen LogP contribution in [0.15, 0.2) is 89.2 Å². The van der Waals surface area contributed by atoms with Gasteiger partial charge in [-0.05, 0) is 48.5 Å². The first-order chi connectivity index (χ1) is 17.4. The van der Waals surface area contributed by atoms with E-state index in [0.29, 0.717) is 5.69 Å². The van der Waals surface area contributed by atoms with Gasteiger partial charge in [0.2, 0.25) is 10.0 Å². The van der Waals surface area contributed by atoms with Crippen molar-refractivity contribution in [1.29, 1.82) is 0 Å². The first kappa shape index (κ1) is 28.2. The second-order valence-corrected chi connectivity index (χ2v) is 12.3. The Morgan fingerprint density at radius 2 is 1.68 bits per heavy atom. The number of anilines is 2. The molecule has 0 aromatic heterocycles. The van der Waals surface area contributed by atoms with E-state index in [-0.39, 0.29) is 38.4 Å². The van der Waals surface area contributed by atoms with Crippen LogP contribution >= 0.6 is 11.6 Å². The van der Waals surface area contributed by atoms with Gasteiger partial charge in [0.05, 0.1) is 34.9 Å². The third kappa shape index (κ3) is 5.96. The van der Waals surface area contributed by atoms with E-state index in [1.165, 1.54) is 63.7 Å². The third-order valence-corrected chi connectivity index (χ3v) is 9.38. The Balaban J connectivity index is 2.02. The monoisotopic (exact) mass is 563 g/mol. The largest absolute Gasteiger partial charge is 0.495 e. The summed E-state index contributed by atoms with van der Waals surface area (Å²) in [4.78, 5) is 12.8. The van der Waals surface area contributed by atoms with Gasteiger partial charge in [0.15, 0.2) is 0 Å². The quantitative estimate of drug-likeness (QED) is 0.369. The summed E-state index contributed by atoms with van der Waals surface area (Å²) in [6, 6.07) is 16.3. The average molecular weight is 564 g/mol. The minimum atomic E-state index is -4.18. The summed E-state index contributed by atoms with van der Waals surface area (Å²) in [6.07, 6.45) is 1.44. The molecule has 0 radical (unpaired) electrons. The van der Waals surface area contributed by atoms with Gasteiger partial charge in [0.1, 0.15) is 10.6 Å². The summed E-state index contributed by atoms with van der Waals surface area (Å²) in [7, 11) is -3.82. The SMILES string of the molecule is C=CCN(c1ccccc1)S(=O)(=O)c1cc(C(=O)Nc2cc(S(=O)(=O)N(C)C)ccc2OC)ccc1Cl. The van der Waals surface area contributed by atoms with Gasteiger partial charge in [-0.3, -0.25) is 9.10 Å². The van der Waals surface area contributed by atoms with Gasteiger partial charge in [-0.15, -0.1) is 6.58 Å². The molecule has 3 rings (SSSR count). The molecule has 196 valence electrons. The van der Waals surface area contributed by atoms with Crippen LogP contribution < -0.4 is 14.4 Å². The highest BCUT2D eigenvalue weighted by Crippen LogP contribution is 2.31. The number of rotatable bonds is 10. The third-order valence-electron chi connectivity index (χ3n) is 5.30. The highest BCUT2D eigenvalue weighted by atomic mass is 35.5. The zero-order chi connectivity index (χ0) is 27.4. The predicted octanol–water partition coefficient (Wildman–Crippen LogP) is 4.23. The number of nitrogens with one attached hydrogen (secondary N) is 1. The second kappa shape index (κ2) is 11.3. The van der Waals surface area contributed by atoms with Crippen molar-refractivity contribution in [3.63, 3.8) is 0 Å². The minimum Gasteiger partial charge on any atom is -0.495 e. The predicted molar refractivity (Wildman–Crippen MR) is 144 cm³/mol. The Bertz CT molecular complexity index is 1530. The van der Waals surface area contributed by atoms with E-state index in [0.717, 1.165) is 8.61 Å². The molecule has 1 N–H and O–H groups in total. The van der Waals surface area contributed by atoms with Gasteiger partial charge in [0.25, 0.3) is 15.9 Å². The summed E-state index contributed by atoms with van der Waals surface area (Å²) < 4.78 is 59.6. The Morgan fingerprint density at radius 3 is 2.27 bits per heavy atom. The number of carbonyl (C=O) groups is 1. The summed E-state index contributed by atoms with van der Waals surface area (Å²) >= 11 is 6.27. The first-order valence-corrected chi connectivity index (χ1v) is 14.1. The first-order valence-electron chi connectivity index (χ1n) is 10.8. The van der Waals surface area contributed by atoms with Crippen molar-refractivity contribution >= 4 is 48.9 Å². The maximum atomic E-state index is 13.6. The Labute approximate surface area is 222 Å². The fourth-order valence-corrected chi connectivity index (χ4v) is 6.23. The highest BCUT2D eigenvalue weighted by molar-refractivity contribution is 7.93. The smallest absolute Gasteiger partial charge is 0.266 e. The lowest BCUT2D eigenvalue weighted by molar-refractivity contribution is 0.102. The van der Waals surface area contributed by atoms with Gasteiger partial charge < -0.3 is 10.1 Å². The van der Waals surface area contributed by atoms with Gasteiger partial charge in [-0.25, -0.2) is 21.1 Å². The molecule has 0 aliphatic carbocycles. The van der Waals surface area contributed by atoms with E-state index in [1.807, 2.05) is 0 Å². The molecule has 0 saturated heterocycles. The van der Waals surface area contributed by atoms with Crippen molar-refractivity contribution in [2.75, 3.05) is 37.4 Å². The lowest BCUT2D eigenvalue weighted by Crippen LogP contribution is -2.31. The van der Waals surface area contributed by atoms with E-state index in [4.69, 9.17) is 16.3 Å². The molecule has 12 heteroatoms. The number of methoxy groups -OCH3 is 1. The molecule has 1 amide bonds. The molecule has 0 heterocycles. The normalized spacial score (nSPS) is 11.7. The van der Waals surface area contributed by atoms with E-state index in [1.54, 1.807) is 30.3 Å². The highest BCUT2D eigenvalue weighted by Gasteiger charge is 2.28. The van der Waals surface area contributed by atoms with Crippen molar-refractivity contribution in [3.8, 4) is 5.75 Å². The van der Waals surface area contributed by atoms with Crippen LogP contribution in [-0.4, -0.2) is 54.8 Å². The average Bonchev–Trinajstić information content (AvgIpc) is 2.87. The second-order valence-electron chi connectivity index (χ2n) is 7.91.